The Labute approximate surface area is 173 Å². The molecule has 0 bridgehead atoms. The monoisotopic (exact) mass is 447 g/mol. The summed E-state index contributed by atoms with van der Waals surface area (Å²) in [6.45, 7) is 3.41. The summed E-state index contributed by atoms with van der Waals surface area (Å²) in [5, 5.41) is 3.73. The lowest BCUT2D eigenvalue weighted by Crippen LogP contribution is -2.31. The minimum Gasteiger partial charge on any atom is -0.493 e. The van der Waals surface area contributed by atoms with Crippen molar-refractivity contribution in [1.29, 1.82) is 0 Å². The Hall–Kier alpha value is -2.56. The Kier molecular flexibility index (Phi) is 7.17. The molecule has 2 rings (SSSR count). The minimum absolute atomic E-state index is 0.120. The van der Waals surface area contributed by atoms with E-state index in [4.69, 9.17) is 4.74 Å². The Morgan fingerprint density at radius 1 is 1.30 bits per heavy atom. The topological polar surface area (TPSA) is 81.5 Å². The van der Waals surface area contributed by atoms with Gasteiger partial charge in [0.05, 0.1) is 23.3 Å². The number of benzene rings is 1. The van der Waals surface area contributed by atoms with Gasteiger partial charge >= 0.3 is 6.18 Å². The van der Waals surface area contributed by atoms with Gasteiger partial charge < -0.3 is 9.64 Å². The highest BCUT2D eigenvalue weighted by Gasteiger charge is 2.41. The molecular formula is C19H24F3N3O4S. The van der Waals surface area contributed by atoms with E-state index in [2.05, 4.69) is 5.10 Å². The number of hydrogen-bond acceptors (Lipinski definition) is 5. The molecule has 0 atom stereocenters. The SMILES string of the molecule is CC(C)n1ncc(C(=O)N(C)CCCOc2cccc(S(C)(=O)=O)c2)c1C(F)(F)F. The van der Waals surface area contributed by atoms with E-state index in [-0.39, 0.29) is 18.0 Å². The van der Waals surface area contributed by atoms with Crippen molar-refractivity contribution >= 4 is 15.7 Å². The maximum absolute atomic E-state index is 13.4. The summed E-state index contributed by atoms with van der Waals surface area (Å²) in [5.74, 6) is -0.433. The van der Waals surface area contributed by atoms with Gasteiger partial charge in [-0.25, -0.2) is 8.42 Å². The van der Waals surface area contributed by atoms with Crippen molar-refractivity contribution in [3.63, 3.8) is 0 Å². The standard InChI is InChI=1S/C19H24F3N3O4S/c1-13(2)25-17(19(20,21)22)16(12-23-25)18(26)24(3)9-6-10-29-14-7-5-8-15(11-14)30(4,27)28/h5,7-8,11-13H,6,9-10H2,1-4H3. The predicted octanol–water partition coefficient (Wildman–Crippen LogP) is 3.43. The molecule has 30 heavy (non-hydrogen) atoms. The molecule has 0 radical (unpaired) electrons. The van der Waals surface area contributed by atoms with E-state index in [1.807, 2.05) is 0 Å². The van der Waals surface area contributed by atoms with Crippen LogP contribution < -0.4 is 4.74 Å². The third kappa shape index (κ3) is 5.74. The Balaban J connectivity index is 2.00. The van der Waals surface area contributed by atoms with Crippen LogP contribution in [0.1, 0.15) is 42.4 Å². The van der Waals surface area contributed by atoms with Crippen LogP contribution in [0.25, 0.3) is 0 Å². The number of carbonyl (C=O) groups excluding carboxylic acids is 1. The number of carbonyl (C=O) groups is 1. The van der Waals surface area contributed by atoms with Gasteiger partial charge in [0.2, 0.25) is 0 Å². The van der Waals surface area contributed by atoms with Crippen LogP contribution in [-0.4, -0.2) is 55.5 Å². The van der Waals surface area contributed by atoms with Gasteiger partial charge in [-0.05, 0) is 38.5 Å². The molecule has 0 aliphatic heterocycles. The van der Waals surface area contributed by atoms with Gasteiger partial charge in [0.25, 0.3) is 5.91 Å². The molecule has 2 aromatic rings. The number of amides is 1. The number of sulfone groups is 1. The van der Waals surface area contributed by atoms with Crippen LogP contribution in [0.15, 0.2) is 35.4 Å². The predicted molar refractivity (Wildman–Crippen MR) is 104 cm³/mol. The van der Waals surface area contributed by atoms with E-state index in [1.165, 1.54) is 24.1 Å². The van der Waals surface area contributed by atoms with Crippen LogP contribution in [-0.2, 0) is 16.0 Å². The molecule has 1 heterocycles. The fraction of sp³-hybridized carbons (Fsp3) is 0.474. The van der Waals surface area contributed by atoms with Crippen molar-refractivity contribution in [1.82, 2.24) is 14.7 Å². The lowest BCUT2D eigenvalue weighted by atomic mass is 10.2. The normalized spacial score (nSPS) is 12.3. The molecule has 0 fully saturated rings. The summed E-state index contributed by atoms with van der Waals surface area (Å²) in [6.07, 6.45) is -2.34. The molecule has 7 nitrogen and oxygen atoms in total. The number of aromatic nitrogens is 2. The zero-order valence-corrected chi connectivity index (χ0v) is 17.9. The van der Waals surface area contributed by atoms with Crippen LogP contribution in [0.3, 0.4) is 0 Å². The minimum atomic E-state index is -4.71. The van der Waals surface area contributed by atoms with Crippen LogP contribution in [0.4, 0.5) is 13.2 Å². The van der Waals surface area contributed by atoms with Gasteiger partial charge in [0.15, 0.2) is 15.5 Å². The second-order valence-corrected chi connectivity index (χ2v) is 9.13. The van der Waals surface area contributed by atoms with E-state index in [9.17, 15) is 26.4 Å². The van der Waals surface area contributed by atoms with Crippen molar-refractivity contribution in [3.8, 4) is 5.75 Å². The maximum atomic E-state index is 13.4. The van der Waals surface area contributed by atoms with Gasteiger partial charge in [-0.1, -0.05) is 6.07 Å². The molecular weight excluding hydrogens is 423 g/mol. The van der Waals surface area contributed by atoms with Crippen molar-refractivity contribution in [2.24, 2.45) is 0 Å². The molecule has 11 heteroatoms. The number of ether oxygens (including phenoxy) is 1. The maximum Gasteiger partial charge on any atom is 0.433 e. The van der Waals surface area contributed by atoms with Crippen LogP contribution in [0, 0.1) is 0 Å². The summed E-state index contributed by atoms with van der Waals surface area (Å²) in [6, 6.07) is 5.43. The molecule has 0 aliphatic rings. The number of alkyl halides is 3. The largest absolute Gasteiger partial charge is 0.493 e. The number of hydrogen-bond donors (Lipinski definition) is 0. The van der Waals surface area contributed by atoms with E-state index in [0.29, 0.717) is 12.2 Å². The Bertz CT molecular complexity index is 1000. The third-order valence-corrected chi connectivity index (χ3v) is 5.38. The molecule has 1 amide bonds. The zero-order valence-electron chi connectivity index (χ0n) is 17.1. The van der Waals surface area contributed by atoms with Gasteiger partial charge in [-0.15, -0.1) is 0 Å². The highest BCUT2D eigenvalue weighted by atomic mass is 32.2. The van der Waals surface area contributed by atoms with E-state index in [0.717, 1.165) is 17.1 Å². The summed E-state index contributed by atoms with van der Waals surface area (Å²) in [4.78, 5) is 13.8. The lowest BCUT2D eigenvalue weighted by Gasteiger charge is -2.19. The van der Waals surface area contributed by atoms with Crippen molar-refractivity contribution in [2.45, 2.75) is 37.4 Å². The van der Waals surface area contributed by atoms with Gasteiger partial charge in [-0.3, -0.25) is 9.48 Å². The first-order valence-electron chi connectivity index (χ1n) is 9.15. The highest BCUT2D eigenvalue weighted by molar-refractivity contribution is 7.90. The summed E-state index contributed by atoms with van der Waals surface area (Å²) < 4.78 is 69.7. The molecule has 1 aromatic carbocycles. The fourth-order valence-corrected chi connectivity index (χ4v) is 3.44. The zero-order chi connectivity index (χ0) is 22.7. The fourth-order valence-electron chi connectivity index (χ4n) is 2.79. The lowest BCUT2D eigenvalue weighted by molar-refractivity contribution is -0.145. The number of rotatable bonds is 8. The van der Waals surface area contributed by atoms with E-state index < -0.39 is 39.2 Å². The second kappa shape index (κ2) is 9.07. The molecule has 0 saturated carbocycles. The Morgan fingerprint density at radius 2 is 1.97 bits per heavy atom. The highest BCUT2D eigenvalue weighted by Crippen LogP contribution is 2.34. The summed E-state index contributed by atoms with van der Waals surface area (Å²) in [7, 11) is -1.96. The molecule has 0 unspecified atom stereocenters. The quantitative estimate of drug-likeness (QED) is 0.579. The molecule has 0 aliphatic carbocycles. The van der Waals surface area contributed by atoms with Gasteiger partial charge in [0, 0.05) is 25.9 Å². The number of halogens is 3. The van der Waals surface area contributed by atoms with E-state index in [1.54, 1.807) is 26.0 Å². The van der Waals surface area contributed by atoms with Gasteiger partial charge in [0.1, 0.15) is 5.75 Å². The third-order valence-electron chi connectivity index (χ3n) is 4.27. The Morgan fingerprint density at radius 3 is 2.53 bits per heavy atom. The molecule has 1 aromatic heterocycles. The second-order valence-electron chi connectivity index (χ2n) is 7.12. The first-order valence-corrected chi connectivity index (χ1v) is 11.0. The van der Waals surface area contributed by atoms with Crippen molar-refractivity contribution in [2.75, 3.05) is 26.5 Å². The van der Waals surface area contributed by atoms with Crippen molar-refractivity contribution < 1.29 is 31.1 Å². The smallest absolute Gasteiger partial charge is 0.433 e. The van der Waals surface area contributed by atoms with Gasteiger partial charge in [-0.2, -0.15) is 18.3 Å². The average Bonchev–Trinajstić information content (AvgIpc) is 3.10. The molecule has 0 spiro atoms. The summed E-state index contributed by atoms with van der Waals surface area (Å²) >= 11 is 0. The first-order chi connectivity index (χ1) is 13.8. The van der Waals surface area contributed by atoms with Crippen LogP contribution in [0.5, 0.6) is 5.75 Å². The first kappa shape index (κ1) is 23.7. The molecule has 166 valence electrons. The van der Waals surface area contributed by atoms with Crippen LogP contribution >= 0.6 is 0 Å². The van der Waals surface area contributed by atoms with Crippen LogP contribution in [0.2, 0.25) is 0 Å². The van der Waals surface area contributed by atoms with E-state index >= 15 is 0 Å². The molecule has 0 saturated heterocycles. The average molecular weight is 447 g/mol. The van der Waals surface area contributed by atoms with Crippen molar-refractivity contribution in [3.05, 3.63) is 41.7 Å². The number of nitrogens with zero attached hydrogens (tertiary/aromatic N) is 3. The molecule has 0 N–H and O–H groups in total. The summed E-state index contributed by atoms with van der Waals surface area (Å²) in [5.41, 5.74) is -1.57.